The summed E-state index contributed by atoms with van der Waals surface area (Å²) < 4.78 is 24.7. The number of halogens is 2. The van der Waals surface area contributed by atoms with Crippen LogP contribution < -0.4 is 10.0 Å². The normalized spacial score (nSPS) is 11.2. The maximum atomic E-state index is 12.2. The van der Waals surface area contributed by atoms with Gasteiger partial charge in [0.05, 0.1) is 16.8 Å². The standard InChI is InChI=1S/C17H18Cl2N2O3S/c1-25(23,24)21-14-8-9-15(16(19)11-14)17(22)20-10-2-3-12-4-6-13(18)7-5-12/h4-9,11,21H,2-3,10H2,1H3,(H,20,22). The van der Waals surface area contributed by atoms with Crippen molar-refractivity contribution in [2.45, 2.75) is 12.8 Å². The van der Waals surface area contributed by atoms with E-state index in [9.17, 15) is 13.2 Å². The fourth-order valence-corrected chi connectivity index (χ4v) is 3.17. The van der Waals surface area contributed by atoms with Crippen LogP contribution in [0.5, 0.6) is 0 Å². The van der Waals surface area contributed by atoms with Gasteiger partial charge in [-0.2, -0.15) is 0 Å². The van der Waals surface area contributed by atoms with Crippen molar-refractivity contribution in [1.29, 1.82) is 0 Å². The molecule has 0 aromatic heterocycles. The molecular weight excluding hydrogens is 383 g/mol. The number of carbonyl (C=O) groups excluding carboxylic acids is 1. The van der Waals surface area contributed by atoms with Gasteiger partial charge in [-0.05, 0) is 48.7 Å². The zero-order valence-corrected chi connectivity index (χ0v) is 15.9. The Hall–Kier alpha value is -1.76. The first kappa shape index (κ1) is 19.6. The van der Waals surface area contributed by atoms with Crippen LogP contribution in [0.25, 0.3) is 0 Å². The molecule has 2 aromatic carbocycles. The number of sulfonamides is 1. The lowest BCUT2D eigenvalue weighted by molar-refractivity contribution is 0.0953. The summed E-state index contributed by atoms with van der Waals surface area (Å²) in [4.78, 5) is 12.2. The number of aryl methyl sites for hydroxylation is 1. The molecule has 2 aromatic rings. The predicted molar refractivity (Wildman–Crippen MR) is 102 cm³/mol. The largest absolute Gasteiger partial charge is 0.352 e. The van der Waals surface area contributed by atoms with Gasteiger partial charge in [0.1, 0.15) is 0 Å². The summed E-state index contributed by atoms with van der Waals surface area (Å²) in [6.07, 6.45) is 2.64. The van der Waals surface area contributed by atoms with Crippen LogP contribution in [0.3, 0.4) is 0 Å². The fraction of sp³-hybridized carbons (Fsp3) is 0.235. The molecule has 0 radical (unpaired) electrons. The van der Waals surface area contributed by atoms with Crippen LogP contribution in [0.2, 0.25) is 10.0 Å². The summed E-state index contributed by atoms with van der Waals surface area (Å²) in [7, 11) is -3.39. The third-order valence-electron chi connectivity index (χ3n) is 3.36. The molecule has 8 heteroatoms. The molecule has 2 N–H and O–H groups in total. The summed E-state index contributed by atoms with van der Waals surface area (Å²) in [5, 5.41) is 3.68. The number of carbonyl (C=O) groups is 1. The van der Waals surface area contributed by atoms with E-state index in [1.54, 1.807) is 0 Å². The van der Waals surface area contributed by atoms with Crippen molar-refractivity contribution in [3.05, 3.63) is 63.6 Å². The molecule has 25 heavy (non-hydrogen) atoms. The van der Waals surface area contributed by atoms with E-state index in [-0.39, 0.29) is 10.9 Å². The van der Waals surface area contributed by atoms with E-state index in [0.717, 1.165) is 24.7 Å². The Balaban J connectivity index is 1.87. The second-order valence-electron chi connectivity index (χ2n) is 5.55. The summed E-state index contributed by atoms with van der Waals surface area (Å²) >= 11 is 11.9. The van der Waals surface area contributed by atoms with Gasteiger partial charge in [-0.25, -0.2) is 8.42 Å². The second-order valence-corrected chi connectivity index (χ2v) is 8.15. The Morgan fingerprint density at radius 3 is 2.36 bits per heavy atom. The van der Waals surface area contributed by atoms with E-state index in [4.69, 9.17) is 23.2 Å². The lowest BCUT2D eigenvalue weighted by Crippen LogP contribution is -2.25. The van der Waals surface area contributed by atoms with Crippen LogP contribution in [0.1, 0.15) is 22.3 Å². The lowest BCUT2D eigenvalue weighted by Gasteiger charge is -2.09. The quantitative estimate of drug-likeness (QED) is 0.695. The van der Waals surface area contributed by atoms with Gasteiger partial charge >= 0.3 is 0 Å². The molecule has 134 valence electrons. The molecule has 0 aliphatic carbocycles. The minimum Gasteiger partial charge on any atom is -0.352 e. The first-order chi connectivity index (χ1) is 11.7. The van der Waals surface area contributed by atoms with Gasteiger partial charge in [0, 0.05) is 17.3 Å². The summed E-state index contributed by atoms with van der Waals surface area (Å²) in [5.41, 5.74) is 1.76. The Bertz CT molecular complexity index is 853. The van der Waals surface area contributed by atoms with Crippen LogP contribution >= 0.6 is 23.2 Å². The van der Waals surface area contributed by atoms with Crippen molar-refractivity contribution >= 4 is 44.8 Å². The van der Waals surface area contributed by atoms with Crippen LogP contribution in [0, 0.1) is 0 Å². The zero-order valence-electron chi connectivity index (χ0n) is 13.6. The SMILES string of the molecule is CS(=O)(=O)Nc1ccc(C(=O)NCCCc2ccc(Cl)cc2)c(Cl)c1. The highest BCUT2D eigenvalue weighted by molar-refractivity contribution is 7.92. The number of hydrogen-bond donors (Lipinski definition) is 2. The van der Waals surface area contributed by atoms with E-state index in [1.165, 1.54) is 18.2 Å². The Labute approximate surface area is 157 Å². The van der Waals surface area contributed by atoms with Crippen molar-refractivity contribution in [1.82, 2.24) is 5.32 Å². The molecule has 0 aliphatic rings. The lowest BCUT2D eigenvalue weighted by atomic mass is 10.1. The van der Waals surface area contributed by atoms with E-state index >= 15 is 0 Å². The molecule has 0 fully saturated rings. The molecule has 5 nitrogen and oxygen atoms in total. The second kappa shape index (κ2) is 8.56. The maximum Gasteiger partial charge on any atom is 0.252 e. The number of benzene rings is 2. The van der Waals surface area contributed by atoms with Gasteiger partial charge in [0.15, 0.2) is 0 Å². The summed E-state index contributed by atoms with van der Waals surface area (Å²) in [6.45, 7) is 0.501. The highest BCUT2D eigenvalue weighted by Crippen LogP contribution is 2.21. The van der Waals surface area contributed by atoms with E-state index < -0.39 is 10.0 Å². The molecule has 0 bridgehead atoms. The molecule has 2 rings (SSSR count). The van der Waals surface area contributed by atoms with E-state index in [0.29, 0.717) is 22.8 Å². The topological polar surface area (TPSA) is 75.3 Å². The number of amides is 1. The van der Waals surface area contributed by atoms with Crippen LogP contribution in [-0.4, -0.2) is 27.1 Å². The highest BCUT2D eigenvalue weighted by atomic mass is 35.5. The molecular formula is C17H18Cl2N2O3S. The molecule has 0 heterocycles. The Morgan fingerprint density at radius 2 is 1.76 bits per heavy atom. The van der Waals surface area contributed by atoms with Crippen molar-refractivity contribution < 1.29 is 13.2 Å². The number of nitrogens with one attached hydrogen (secondary N) is 2. The van der Waals surface area contributed by atoms with Crippen LogP contribution in [0.15, 0.2) is 42.5 Å². The summed E-state index contributed by atoms with van der Waals surface area (Å²) in [6, 6.07) is 12.0. The van der Waals surface area contributed by atoms with Gasteiger partial charge in [0.2, 0.25) is 10.0 Å². The average Bonchev–Trinajstić information content (AvgIpc) is 2.51. The third kappa shape index (κ3) is 6.57. The van der Waals surface area contributed by atoms with Gasteiger partial charge < -0.3 is 5.32 Å². The zero-order chi connectivity index (χ0) is 18.4. The molecule has 0 unspecified atom stereocenters. The molecule has 0 spiro atoms. The Kier molecular flexibility index (Phi) is 6.70. The first-order valence-corrected chi connectivity index (χ1v) is 10.2. The van der Waals surface area contributed by atoms with E-state index in [2.05, 4.69) is 10.0 Å². The number of anilines is 1. The smallest absolute Gasteiger partial charge is 0.252 e. The summed E-state index contributed by atoms with van der Waals surface area (Å²) in [5.74, 6) is -0.299. The van der Waals surface area contributed by atoms with Crippen molar-refractivity contribution in [2.75, 3.05) is 17.5 Å². The number of rotatable bonds is 7. The van der Waals surface area contributed by atoms with Gasteiger partial charge in [0.25, 0.3) is 5.91 Å². The van der Waals surface area contributed by atoms with Crippen molar-refractivity contribution in [2.24, 2.45) is 0 Å². The fourth-order valence-electron chi connectivity index (χ4n) is 2.22. The third-order valence-corrected chi connectivity index (χ3v) is 4.53. The first-order valence-electron chi connectivity index (χ1n) is 7.54. The van der Waals surface area contributed by atoms with Crippen molar-refractivity contribution in [3.63, 3.8) is 0 Å². The Morgan fingerprint density at radius 1 is 1.08 bits per heavy atom. The monoisotopic (exact) mass is 400 g/mol. The highest BCUT2D eigenvalue weighted by Gasteiger charge is 2.11. The molecule has 0 atom stereocenters. The van der Waals surface area contributed by atoms with Crippen LogP contribution in [0.4, 0.5) is 5.69 Å². The van der Waals surface area contributed by atoms with Gasteiger partial charge in [-0.3, -0.25) is 9.52 Å². The van der Waals surface area contributed by atoms with Gasteiger partial charge in [-0.15, -0.1) is 0 Å². The minimum atomic E-state index is -3.39. The number of hydrogen-bond acceptors (Lipinski definition) is 3. The van der Waals surface area contributed by atoms with Gasteiger partial charge in [-0.1, -0.05) is 35.3 Å². The molecule has 0 saturated carbocycles. The average molecular weight is 401 g/mol. The predicted octanol–water partition coefficient (Wildman–Crippen LogP) is 3.73. The maximum absolute atomic E-state index is 12.2. The molecule has 1 amide bonds. The molecule has 0 saturated heterocycles. The van der Waals surface area contributed by atoms with E-state index in [1.807, 2.05) is 24.3 Å². The van der Waals surface area contributed by atoms with Crippen molar-refractivity contribution in [3.8, 4) is 0 Å². The minimum absolute atomic E-state index is 0.184. The van der Waals surface area contributed by atoms with Crippen LogP contribution in [-0.2, 0) is 16.4 Å². The molecule has 0 aliphatic heterocycles.